The van der Waals surface area contributed by atoms with Crippen molar-refractivity contribution in [1.82, 2.24) is 0 Å². The molecule has 0 aromatic heterocycles. The van der Waals surface area contributed by atoms with Crippen molar-refractivity contribution in [2.24, 2.45) is 0 Å². The van der Waals surface area contributed by atoms with Gasteiger partial charge in [-0.15, -0.1) is 26.3 Å². The predicted molar refractivity (Wildman–Crippen MR) is 73.8 cm³/mol. The van der Waals surface area contributed by atoms with Gasteiger partial charge < -0.3 is 9.47 Å². The summed E-state index contributed by atoms with van der Waals surface area (Å²) < 4.78 is 82.0. The van der Waals surface area contributed by atoms with Gasteiger partial charge in [0, 0.05) is 10.6 Å². The number of para-hydroxylation sites is 2. The molecule has 0 N–H and O–H groups in total. The monoisotopic (exact) mass is 354 g/mol. The van der Waals surface area contributed by atoms with E-state index in [0.717, 1.165) is 12.1 Å². The molecular weight excluding hydrogens is 345 g/mol. The predicted octanol–water partition coefficient (Wildman–Crippen LogP) is 4.11. The molecule has 0 bridgehead atoms. The van der Waals surface area contributed by atoms with Gasteiger partial charge in [0.05, 0.1) is 0 Å². The minimum atomic E-state index is -4.89. The molecule has 0 unspecified atom stereocenters. The van der Waals surface area contributed by atoms with E-state index in [1.165, 1.54) is 36.4 Å². The molecule has 0 saturated heterocycles. The van der Waals surface area contributed by atoms with E-state index in [1.54, 1.807) is 0 Å². The number of ether oxygens (including phenoxy) is 2. The molecule has 0 heterocycles. The van der Waals surface area contributed by atoms with Crippen LogP contribution in [0.15, 0.2) is 48.5 Å². The van der Waals surface area contributed by atoms with Crippen LogP contribution in [0.2, 0.25) is 0 Å². The lowest BCUT2D eigenvalue weighted by atomic mass is 10.3. The first kappa shape index (κ1) is 17.4. The summed E-state index contributed by atoms with van der Waals surface area (Å²) in [5.74, 6) is -0.916. The molecule has 2 aromatic rings. The molecule has 124 valence electrons. The highest BCUT2D eigenvalue weighted by Crippen LogP contribution is 2.29. The smallest absolute Gasteiger partial charge is 0.405 e. The van der Waals surface area contributed by atoms with Gasteiger partial charge in [-0.3, -0.25) is 0 Å². The van der Waals surface area contributed by atoms with E-state index in [2.05, 4.69) is 9.47 Å². The van der Waals surface area contributed by atoms with E-state index in [4.69, 9.17) is 0 Å². The fraction of sp³-hybridized carbons (Fsp3) is 0.143. The molecule has 0 amide bonds. The van der Waals surface area contributed by atoms with Gasteiger partial charge in [-0.2, -0.15) is 0 Å². The number of benzene rings is 2. The maximum Gasteiger partial charge on any atom is 0.573 e. The van der Waals surface area contributed by atoms with E-state index >= 15 is 0 Å². The molecule has 9 heteroatoms. The summed E-state index contributed by atoms with van der Waals surface area (Å²) in [7, 11) is -0.504. The summed E-state index contributed by atoms with van der Waals surface area (Å²) in [6.45, 7) is 0. The van der Waals surface area contributed by atoms with Crippen LogP contribution in [-0.4, -0.2) is 12.7 Å². The summed E-state index contributed by atoms with van der Waals surface area (Å²) in [5, 5.41) is 0.228. The van der Waals surface area contributed by atoms with Crippen LogP contribution in [-0.2, 0) is 0 Å². The summed E-state index contributed by atoms with van der Waals surface area (Å²) in [6.07, 6.45) is -9.77. The Morgan fingerprint density at radius 1 is 0.609 bits per heavy atom. The number of hydrogen-bond acceptors (Lipinski definition) is 2. The maximum atomic E-state index is 12.4. The Hall–Kier alpha value is -1.95. The number of rotatable bonds is 4. The number of alkyl halides is 6. The maximum absolute atomic E-state index is 12.4. The average molecular weight is 354 g/mol. The molecule has 0 saturated carbocycles. The van der Waals surface area contributed by atoms with Crippen molar-refractivity contribution in [3.63, 3.8) is 0 Å². The van der Waals surface area contributed by atoms with Gasteiger partial charge in [0.2, 0.25) is 0 Å². The van der Waals surface area contributed by atoms with Crippen LogP contribution < -0.4 is 20.1 Å². The average Bonchev–Trinajstić information content (AvgIpc) is 2.40. The zero-order valence-corrected chi connectivity index (χ0v) is 12.2. The summed E-state index contributed by atoms with van der Waals surface area (Å²) in [6, 6.07) is 10.5. The molecule has 0 fully saturated rings. The summed E-state index contributed by atoms with van der Waals surface area (Å²) in [5.41, 5.74) is 0. The minimum absolute atomic E-state index is 0.114. The SMILES string of the molecule is FC(F)(F)Oc1ccccc1Pc1ccccc1OC(F)(F)F. The largest absolute Gasteiger partial charge is 0.573 e. The van der Waals surface area contributed by atoms with Crippen molar-refractivity contribution in [2.45, 2.75) is 12.7 Å². The van der Waals surface area contributed by atoms with Crippen molar-refractivity contribution < 1.29 is 35.8 Å². The second-order valence-corrected chi connectivity index (χ2v) is 5.54. The van der Waals surface area contributed by atoms with Crippen LogP contribution in [0.25, 0.3) is 0 Å². The lowest BCUT2D eigenvalue weighted by molar-refractivity contribution is -0.275. The molecule has 0 radical (unpaired) electrons. The number of halogens is 6. The van der Waals surface area contributed by atoms with Gasteiger partial charge in [-0.1, -0.05) is 45.0 Å². The lowest BCUT2D eigenvalue weighted by Gasteiger charge is -2.15. The Morgan fingerprint density at radius 3 is 1.30 bits per heavy atom. The standard InChI is InChI=1S/C14H9F6O2P/c15-13(16,17)21-9-5-1-3-7-11(9)23-12-8-4-2-6-10(12)22-14(18,19)20/h1-8,23H. The van der Waals surface area contributed by atoms with Crippen LogP contribution in [0, 0.1) is 0 Å². The first-order valence-electron chi connectivity index (χ1n) is 6.11. The van der Waals surface area contributed by atoms with Gasteiger partial charge >= 0.3 is 12.7 Å². The molecular formula is C14H9F6O2P. The van der Waals surface area contributed by atoms with Crippen molar-refractivity contribution in [1.29, 1.82) is 0 Å². The third-order valence-electron chi connectivity index (χ3n) is 2.49. The highest BCUT2D eigenvalue weighted by molar-refractivity contribution is 7.56. The van der Waals surface area contributed by atoms with E-state index < -0.39 is 32.8 Å². The first-order chi connectivity index (χ1) is 10.6. The minimum Gasteiger partial charge on any atom is -0.405 e. The second kappa shape index (κ2) is 6.66. The second-order valence-electron chi connectivity index (χ2n) is 4.21. The Morgan fingerprint density at radius 2 is 0.957 bits per heavy atom. The fourth-order valence-electron chi connectivity index (χ4n) is 1.71. The van der Waals surface area contributed by atoms with E-state index in [9.17, 15) is 26.3 Å². The van der Waals surface area contributed by atoms with E-state index in [-0.39, 0.29) is 10.6 Å². The fourth-order valence-corrected chi connectivity index (χ4v) is 2.88. The Kier molecular flexibility index (Phi) is 5.04. The summed E-state index contributed by atoms with van der Waals surface area (Å²) in [4.78, 5) is 0. The molecule has 0 aliphatic heterocycles. The van der Waals surface area contributed by atoms with Crippen molar-refractivity contribution in [3.8, 4) is 11.5 Å². The molecule has 2 nitrogen and oxygen atoms in total. The van der Waals surface area contributed by atoms with Crippen LogP contribution >= 0.6 is 8.58 Å². The van der Waals surface area contributed by atoms with Crippen LogP contribution in [0.3, 0.4) is 0 Å². The van der Waals surface area contributed by atoms with Crippen molar-refractivity contribution in [2.75, 3.05) is 0 Å². The Bertz CT molecular complexity index is 611. The lowest BCUT2D eigenvalue weighted by Crippen LogP contribution is -2.22. The Labute approximate surface area is 128 Å². The van der Waals surface area contributed by atoms with Crippen LogP contribution in [0.5, 0.6) is 11.5 Å². The van der Waals surface area contributed by atoms with Crippen LogP contribution in [0.1, 0.15) is 0 Å². The normalized spacial score (nSPS) is 12.1. The topological polar surface area (TPSA) is 18.5 Å². The highest BCUT2D eigenvalue weighted by atomic mass is 31.1. The van der Waals surface area contributed by atoms with Crippen LogP contribution in [0.4, 0.5) is 26.3 Å². The van der Waals surface area contributed by atoms with Gasteiger partial charge in [0.25, 0.3) is 0 Å². The van der Waals surface area contributed by atoms with Gasteiger partial charge in [-0.05, 0) is 12.1 Å². The van der Waals surface area contributed by atoms with Crippen molar-refractivity contribution in [3.05, 3.63) is 48.5 Å². The van der Waals surface area contributed by atoms with E-state index in [0.29, 0.717) is 0 Å². The molecule has 23 heavy (non-hydrogen) atoms. The molecule has 0 aliphatic rings. The zero-order valence-electron chi connectivity index (χ0n) is 11.2. The van der Waals surface area contributed by atoms with E-state index in [1.807, 2.05) is 0 Å². The third kappa shape index (κ3) is 5.63. The highest BCUT2D eigenvalue weighted by Gasteiger charge is 2.33. The molecule has 2 rings (SSSR count). The van der Waals surface area contributed by atoms with Gasteiger partial charge in [0.15, 0.2) is 0 Å². The first-order valence-corrected chi connectivity index (χ1v) is 7.11. The molecule has 0 atom stereocenters. The Balaban J connectivity index is 2.30. The molecule has 0 spiro atoms. The van der Waals surface area contributed by atoms with Gasteiger partial charge in [-0.25, -0.2) is 0 Å². The zero-order chi connectivity index (χ0) is 17.1. The summed E-state index contributed by atoms with van der Waals surface area (Å²) >= 11 is 0. The molecule has 0 aliphatic carbocycles. The van der Waals surface area contributed by atoms with Gasteiger partial charge in [0.1, 0.15) is 11.5 Å². The number of hydrogen-bond donors (Lipinski definition) is 0. The third-order valence-corrected chi connectivity index (χ3v) is 3.86. The molecule has 2 aromatic carbocycles. The quantitative estimate of drug-likeness (QED) is 0.608. The van der Waals surface area contributed by atoms with Crippen molar-refractivity contribution >= 4 is 19.2 Å².